The molecule has 3 nitrogen and oxygen atoms in total. The van der Waals surface area contributed by atoms with E-state index in [-0.39, 0.29) is 6.61 Å². The summed E-state index contributed by atoms with van der Waals surface area (Å²) in [7, 11) is -0.506. The number of benzene rings is 1. The van der Waals surface area contributed by atoms with E-state index in [1.54, 1.807) is 11.3 Å². The van der Waals surface area contributed by atoms with Gasteiger partial charge in [0.1, 0.15) is 0 Å². The normalized spacial score (nSPS) is 20.8. The van der Waals surface area contributed by atoms with Crippen LogP contribution in [0.4, 0.5) is 0 Å². The summed E-state index contributed by atoms with van der Waals surface area (Å²) in [5.74, 6) is 0. The summed E-state index contributed by atoms with van der Waals surface area (Å²) >= 11 is 1.71. The molecule has 1 aromatic carbocycles. The third kappa shape index (κ3) is 2.74. The summed E-state index contributed by atoms with van der Waals surface area (Å²) in [6.45, 7) is 7.97. The van der Waals surface area contributed by atoms with E-state index >= 15 is 0 Å². The Morgan fingerprint density at radius 3 is 2.50 bits per heavy atom. The van der Waals surface area contributed by atoms with Crippen LogP contribution in [0.2, 0.25) is 0 Å². The lowest BCUT2D eigenvalue weighted by molar-refractivity contribution is 0.00578. The van der Waals surface area contributed by atoms with Crippen molar-refractivity contribution in [2.75, 3.05) is 6.61 Å². The summed E-state index contributed by atoms with van der Waals surface area (Å²) < 4.78 is 13.3. The molecule has 0 atom stereocenters. The fourth-order valence-electron chi connectivity index (χ4n) is 2.46. The van der Waals surface area contributed by atoms with Gasteiger partial charge in [0, 0.05) is 4.70 Å². The third-order valence-electron chi connectivity index (χ3n) is 4.57. The molecule has 0 bridgehead atoms. The highest BCUT2D eigenvalue weighted by atomic mass is 32.1. The SMILES string of the molecule is CC1(C)OB(C(=Cc2ccc3ccsc3c2)CO)OC1(C)C. The second-order valence-electron chi connectivity index (χ2n) is 6.68. The van der Waals surface area contributed by atoms with Crippen LogP contribution < -0.4 is 0 Å². The molecular weight excluding hydrogens is 295 g/mol. The zero-order valence-electron chi connectivity index (χ0n) is 13.4. The van der Waals surface area contributed by atoms with Crippen molar-refractivity contribution in [1.29, 1.82) is 0 Å². The maximum Gasteiger partial charge on any atom is 0.492 e. The molecule has 1 N–H and O–H groups in total. The Morgan fingerprint density at radius 1 is 1.18 bits per heavy atom. The van der Waals surface area contributed by atoms with Gasteiger partial charge in [-0.1, -0.05) is 18.2 Å². The van der Waals surface area contributed by atoms with Crippen molar-refractivity contribution >= 4 is 34.6 Å². The van der Waals surface area contributed by atoms with Gasteiger partial charge in [0.05, 0.1) is 17.8 Å². The maximum atomic E-state index is 9.74. The van der Waals surface area contributed by atoms with Crippen molar-refractivity contribution in [1.82, 2.24) is 0 Å². The number of hydrogen-bond donors (Lipinski definition) is 1. The van der Waals surface area contributed by atoms with E-state index in [1.807, 2.05) is 33.8 Å². The Kier molecular flexibility index (Phi) is 3.93. The van der Waals surface area contributed by atoms with E-state index in [0.29, 0.717) is 0 Å². The summed E-state index contributed by atoms with van der Waals surface area (Å²) in [5.41, 5.74) is 0.996. The lowest BCUT2D eigenvalue weighted by Crippen LogP contribution is -2.41. The molecule has 22 heavy (non-hydrogen) atoms. The number of hydrogen-bond acceptors (Lipinski definition) is 4. The topological polar surface area (TPSA) is 38.7 Å². The van der Waals surface area contributed by atoms with Crippen LogP contribution in [0.5, 0.6) is 0 Å². The summed E-state index contributed by atoms with van der Waals surface area (Å²) in [6, 6.07) is 8.38. The average molecular weight is 316 g/mol. The summed E-state index contributed by atoms with van der Waals surface area (Å²) in [5, 5.41) is 13.1. The highest BCUT2D eigenvalue weighted by Crippen LogP contribution is 2.38. The quantitative estimate of drug-likeness (QED) is 0.873. The van der Waals surface area contributed by atoms with Gasteiger partial charge in [0.25, 0.3) is 0 Å². The standard InChI is InChI=1S/C17H21BO3S/c1-16(2)17(3,4)21-18(20-16)14(11-19)9-12-5-6-13-7-8-22-15(13)10-12/h5-10,19H,11H2,1-4H3. The molecule has 0 unspecified atom stereocenters. The predicted molar refractivity (Wildman–Crippen MR) is 93.0 cm³/mol. The first-order valence-corrected chi connectivity index (χ1v) is 8.34. The van der Waals surface area contributed by atoms with E-state index < -0.39 is 18.3 Å². The van der Waals surface area contributed by atoms with E-state index in [1.165, 1.54) is 10.1 Å². The minimum atomic E-state index is -0.506. The number of aliphatic hydroxyl groups is 1. The van der Waals surface area contributed by atoms with Gasteiger partial charge in [-0.15, -0.1) is 11.3 Å². The van der Waals surface area contributed by atoms with Crippen LogP contribution in [0.3, 0.4) is 0 Å². The van der Waals surface area contributed by atoms with E-state index in [9.17, 15) is 5.11 Å². The van der Waals surface area contributed by atoms with Crippen LogP contribution in [0.15, 0.2) is 35.1 Å². The first-order valence-electron chi connectivity index (χ1n) is 7.47. The molecule has 0 aliphatic carbocycles. The summed E-state index contributed by atoms with van der Waals surface area (Å²) in [4.78, 5) is 0. The van der Waals surface area contributed by atoms with Crippen LogP contribution in [0.25, 0.3) is 16.2 Å². The Labute approximate surface area is 135 Å². The van der Waals surface area contributed by atoms with Gasteiger partial charge >= 0.3 is 7.12 Å². The molecule has 0 amide bonds. The van der Waals surface area contributed by atoms with Crippen LogP contribution in [-0.2, 0) is 9.31 Å². The number of rotatable bonds is 3. The molecule has 1 aromatic heterocycles. The molecule has 0 saturated carbocycles. The Morgan fingerprint density at radius 2 is 1.86 bits per heavy atom. The van der Waals surface area contributed by atoms with Crippen molar-refractivity contribution < 1.29 is 14.4 Å². The second kappa shape index (κ2) is 5.50. The van der Waals surface area contributed by atoms with Gasteiger partial charge in [-0.05, 0) is 61.6 Å². The van der Waals surface area contributed by atoms with Crippen molar-refractivity contribution in [3.05, 3.63) is 40.7 Å². The zero-order valence-corrected chi connectivity index (χ0v) is 14.2. The number of aliphatic hydroxyl groups excluding tert-OH is 1. The number of thiophene rings is 1. The zero-order chi connectivity index (χ0) is 16.0. The minimum absolute atomic E-state index is 0.0840. The van der Waals surface area contributed by atoms with Gasteiger partial charge in [-0.2, -0.15) is 0 Å². The van der Waals surface area contributed by atoms with Crippen molar-refractivity contribution in [3.8, 4) is 0 Å². The Hall–Kier alpha value is -1.14. The molecule has 1 aliphatic rings. The van der Waals surface area contributed by atoms with Crippen molar-refractivity contribution in [2.24, 2.45) is 0 Å². The fourth-order valence-corrected chi connectivity index (χ4v) is 3.30. The molecule has 116 valence electrons. The first kappa shape index (κ1) is 15.7. The summed E-state index contributed by atoms with van der Waals surface area (Å²) in [6.07, 6.45) is 1.96. The lowest BCUT2D eigenvalue weighted by Gasteiger charge is -2.32. The molecule has 0 radical (unpaired) electrons. The average Bonchev–Trinajstić information content (AvgIpc) is 2.98. The minimum Gasteiger partial charge on any atom is -0.400 e. The Balaban J connectivity index is 1.90. The van der Waals surface area contributed by atoms with Gasteiger partial charge in [-0.25, -0.2) is 0 Å². The molecule has 3 rings (SSSR count). The first-order chi connectivity index (χ1) is 10.3. The number of fused-ring (bicyclic) bond motifs is 1. The van der Waals surface area contributed by atoms with Gasteiger partial charge in [-0.3, -0.25) is 0 Å². The fraction of sp³-hybridized carbons (Fsp3) is 0.412. The van der Waals surface area contributed by atoms with Crippen LogP contribution in [0, 0.1) is 0 Å². The highest BCUT2D eigenvalue weighted by Gasteiger charge is 2.52. The maximum absolute atomic E-state index is 9.74. The van der Waals surface area contributed by atoms with E-state index in [4.69, 9.17) is 9.31 Å². The Bertz CT molecular complexity index is 702. The molecule has 2 aromatic rings. The van der Waals surface area contributed by atoms with Gasteiger partial charge < -0.3 is 14.4 Å². The molecule has 1 saturated heterocycles. The highest BCUT2D eigenvalue weighted by molar-refractivity contribution is 7.17. The van der Waals surface area contributed by atoms with Crippen molar-refractivity contribution in [3.63, 3.8) is 0 Å². The monoisotopic (exact) mass is 316 g/mol. The lowest BCUT2D eigenvalue weighted by atomic mass is 9.77. The van der Waals surface area contributed by atoms with Gasteiger partial charge in [0.15, 0.2) is 0 Å². The van der Waals surface area contributed by atoms with E-state index in [0.717, 1.165) is 11.0 Å². The van der Waals surface area contributed by atoms with Gasteiger partial charge in [0.2, 0.25) is 0 Å². The molecular formula is C17H21BO3S. The molecule has 1 fully saturated rings. The second-order valence-corrected chi connectivity index (χ2v) is 7.63. The van der Waals surface area contributed by atoms with Crippen LogP contribution in [-0.4, -0.2) is 30.0 Å². The smallest absolute Gasteiger partial charge is 0.400 e. The predicted octanol–water partition coefficient (Wildman–Crippen LogP) is 3.91. The van der Waals surface area contributed by atoms with Crippen LogP contribution in [0.1, 0.15) is 33.3 Å². The molecule has 0 spiro atoms. The third-order valence-corrected chi connectivity index (χ3v) is 5.45. The molecule has 2 heterocycles. The molecule has 1 aliphatic heterocycles. The largest absolute Gasteiger partial charge is 0.492 e. The van der Waals surface area contributed by atoms with E-state index in [2.05, 4.69) is 29.6 Å². The van der Waals surface area contributed by atoms with Crippen LogP contribution >= 0.6 is 11.3 Å². The van der Waals surface area contributed by atoms with Crippen molar-refractivity contribution in [2.45, 2.75) is 38.9 Å². The molecule has 5 heteroatoms.